The van der Waals surface area contributed by atoms with Gasteiger partial charge in [0.1, 0.15) is 5.82 Å². The number of amides is 2. The highest BCUT2D eigenvalue weighted by Gasteiger charge is 2.57. The molecule has 162 valence electrons. The number of carbonyl (C=O) groups excluding carboxylic acids is 2. The van der Waals surface area contributed by atoms with Gasteiger partial charge in [-0.15, -0.1) is 0 Å². The quantitative estimate of drug-likeness (QED) is 0.728. The van der Waals surface area contributed by atoms with Gasteiger partial charge in [-0.3, -0.25) is 9.59 Å². The Kier molecular flexibility index (Phi) is 5.28. The van der Waals surface area contributed by atoms with Crippen LogP contribution in [0.5, 0.6) is 0 Å². The molecule has 0 spiro atoms. The van der Waals surface area contributed by atoms with Crippen molar-refractivity contribution in [1.82, 2.24) is 9.80 Å². The minimum absolute atomic E-state index is 0.116. The summed E-state index contributed by atoms with van der Waals surface area (Å²) in [4.78, 5) is 30.5. The summed E-state index contributed by atoms with van der Waals surface area (Å²) in [6.07, 6.45) is 6.23. The normalized spacial score (nSPS) is 27.9. The average molecular weight is 421 g/mol. The van der Waals surface area contributed by atoms with Crippen LogP contribution in [0.25, 0.3) is 0 Å². The van der Waals surface area contributed by atoms with Crippen molar-refractivity contribution in [2.45, 2.75) is 44.1 Å². The number of rotatable bonds is 3. The monoisotopic (exact) mass is 420 g/mol. The van der Waals surface area contributed by atoms with Crippen LogP contribution in [0.2, 0.25) is 0 Å². The van der Waals surface area contributed by atoms with Crippen molar-refractivity contribution in [2.24, 2.45) is 11.8 Å². The average Bonchev–Trinajstić information content (AvgIpc) is 2.80. The van der Waals surface area contributed by atoms with E-state index >= 15 is 0 Å². The van der Waals surface area contributed by atoms with Gasteiger partial charge in [-0.2, -0.15) is 0 Å². The molecule has 0 N–H and O–H groups in total. The smallest absolute Gasteiger partial charge is 0.253 e. The van der Waals surface area contributed by atoms with E-state index in [9.17, 15) is 14.0 Å². The molecule has 2 aromatic rings. The molecular formula is C26H29FN2O2. The molecular weight excluding hydrogens is 391 g/mol. The van der Waals surface area contributed by atoms with Crippen LogP contribution >= 0.6 is 0 Å². The van der Waals surface area contributed by atoms with Crippen molar-refractivity contribution >= 4 is 11.8 Å². The molecule has 1 saturated carbocycles. The predicted octanol–water partition coefficient (Wildman–Crippen LogP) is 4.61. The first-order valence-corrected chi connectivity index (χ1v) is 11.5. The summed E-state index contributed by atoms with van der Waals surface area (Å²) in [5.41, 5.74) is 1.57. The van der Waals surface area contributed by atoms with Crippen LogP contribution in [0.1, 0.15) is 54.4 Å². The first kappa shape index (κ1) is 20.2. The lowest BCUT2D eigenvalue weighted by Crippen LogP contribution is -2.69. The van der Waals surface area contributed by atoms with Crippen LogP contribution in [0.15, 0.2) is 54.6 Å². The van der Waals surface area contributed by atoms with E-state index in [0.717, 1.165) is 32.2 Å². The number of nitrogens with zero attached hydrogens (tertiary/aromatic N) is 2. The van der Waals surface area contributed by atoms with Crippen molar-refractivity contribution in [3.63, 3.8) is 0 Å². The fraction of sp³-hybridized carbons (Fsp3) is 0.462. The van der Waals surface area contributed by atoms with E-state index in [4.69, 9.17) is 0 Å². The fourth-order valence-electron chi connectivity index (χ4n) is 6.00. The molecule has 2 heterocycles. The summed E-state index contributed by atoms with van der Waals surface area (Å²) in [6, 6.07) is 16.2. The van der Waals surface area contributed by atoms with Crippen LogP contribution in [0.3, 0.4) is 0 Å². The second kappa shape index (κ2) is 8.10. The lowest BCUT2D eigenvalue weighted by atomic mass is 9.61. The highest BCUT2D eigenvalue weighted by atomic mass is 19.1. The van der Waals surface area contributed by atoms with Crippen molar-refractivity contribution in [3.05, 3.63) is 71.5 Å². The molecule has 2 aliphatic heterocycles. The van der Waals surface area contributed by atoms with Crippen LogP contribution < -0.4 is 0 Å². The maximum absolute atomic E-state index is 13.7. The molecule has 0 bridgehead atoms. The largest absolute Gasteiger partial charge is 0.338 e. The summed E-state index contributed by atoms with van der Waals surface area (Å²) >= 11 is 0. The topological polar surface area (TPSA) is 40.6 Å². The molecule has 3 fully saturated rings. The molecule has 2 aromatic carbocycles. The number of carbonyl (C=O) groups is 2. The lowest BCUT2D eigenvalue weighted by Gasteiger charge is -2.62. The highest BCUT2D eigenvalue weighted by Crippen LogP contribution is 2.54. The molecule has 0 aromatic heterocycles. The van der Waals surface area contributed by atoms with E-state index in [1.165, 1.54) is 42.7 Å². The Morgan fingerprint density at radius 1 is 0.903 bits per heavy atom. The number of piperidine rings is 1. The zero-order valence-electron chi connectivity index (χ0n) is 17.8. The molecule has 4 nitrogen and oxygen atoms in total. The molecule has 3 atom stereocenters. The zero-order valence-corrected chi connectivity index (χ0v) is 17.8. The third-order valence-electron chi connectivity index (χ3n) is 7.61. The van der Waals surface area contributed by atoms with Crippen molar-refractivity contribution in [2.75, 3.05) is 19.6 Å². The van der Waals surface area contributed by atoms with Gasteiger partial charge in [0.05, 0.1) is 11.5 Å². The number of halogens is 1. The first-order valence-electron chi connectivity index (χ1n) is 11.5. The van der Waals surface area contributed by atoms with Gasteiger partial charge in [-0.1, -0.05) is 43.2 Å². The van der Waals surface area contributed by atoms with Crippen LogP contribution in [0, 0.1) is 17.7 Å². The molecule has 31 heavy (non-hydrogen) atoms. The van der Waals surface area contributed by atoms with Gasteiger partial charge in [-0.25, -0.2) is 4.39 Å². The van der Waals surface area contributed by atoms with E-state index in [2.05, 4.69) is 29.2 Å². The third kappa shape index (κ3) is 3.44. The lowest BCUT2D eigenvalue weighted by molar-refractivity contribution is -0.172. The second-order valence-corrected chi connectivity index (χ2v) is 9.28. The van der Waals surface area contributed by atoms with Gasteiger partial charge in [0.15, 0.2) is 0 Å². The van der Waals surface area contributed by atoms with Gasteiger partial charge in [0, 0.05) is 31.1 Å². The van der Waals surface area contributed by atoms with E-state index in [-0.39, 0.29) is 29.1 Å². The standard InChI is InChI=1S/C26H29FN2O2/c27-23-13-11-19(12-14-23)24(30)28-16-6-7-20(17-28)25(31)29-18-22-10-4-5-15-26(22,29)21-8-2-1-3-9-21/h1-3,8-9,11-14,20,22H,4-7,10,15-18H2. The molecule has 3 unspecified atom stereocenters. The molecule has 2 saturated heterocycles. The highest BCUT2D eigenvalue weighted by molar-refractivity contribution is 5.94. The van der Waals surface area contributed by atoms with Gasteiger partial charge < -0.3 is 9.80 Å². The second-order valence-electron chi connectivity index (χ2n) is 9.28. The van der Waals surface area contributed by atoms with Crippen LogP contribution in [0.4, 0.5) is 4.39 Å². The minimum atomic E-state index is -0.353. The van der Waals surface area contributed by atoms with Crippen LogP contribution in [-0.2, 0) is 10.3 Å². The predicted molar refractivity (Wildman–Crippen MR) is 117 cm³/mol. The molecule has 1 aliphatic carbocycles. The Morgan fingerprint density at radius 2 is 1.68 bits per heavy atom. The Hall–Kier alpha value is -2.69. The maximum Gasteiger partial charge on any atom is 0.253 e. The number of benzene rings is 2. The van der Waals surface area contributed by atoms with Gasteiger partial charge in [0.25, 0.3) is 5.91 Å². The molecule has 0 radical (unpaired) electrons. The maximum atomic E-state index is 13.7. The molecule has 5 rings (SSSR count). The summed E-state index contributed by atoms with van der Waals surface area (Å²) < 4.78 is 13.2. The van der Waals surface area contributed by atoms with Crippen molar-refractivity contribution in [3.8, 4) is 0 Å². The van der Waals surface area contributed by atoms with Gasteiger partial charge in [0.2, 0.25) is 5.91 Å². The first-order chi connectivity index (χ1) is 15.1. The Morgan fingerprint density at radius 3 is 2.42 bits per heavy atom. The number of fused-ring (bicyclic) bond motifs is 1. The van der Waals surface area contributed by atoms with E-state index < -0.39 is 0 Å². The summed E-state index contributed by atoms with van der Waals surface area (Å²) in [6.45, 7) is 1.92. The number of hydrogen-bond acceptors (Lipinski definition) is 2. The fourth-order valence-corrected chi connectivity index (χ4v) is 6.00. The Labute approximate surface area is 183 Å². The number of hydrogen-bond donors (Lipinski definition) is 0. The molecule has 3 aliphatic rings. The van der Waals surface area contributed by atoms with E-state index in [0.29, 0.717) is 24.6 Å². The summed E-state index contributed by atoms with van der Waals surface area (Å²) in [7, 11) is 0. The molecule has 5 heteroatoms. The van der Waals surface area contributed by atoms with E-state index in [1.807, 2.05) is 6.07 Å². The Bertz CT molecular complexity index is 961. The third-order valence-corrected chi connectivity index (χ3v) is 7.61. The van der Waals surface area contributed by atoms with Gasteiger partial charge >= 0.3 is 0 Å². The molecule has 2 amide bonds. The van der Waals surface area contributed by atoms with Gasteiger partial charge in [-0.05, 0) is 55.5 Å². The Balaban J connectivity index is 1.35. The van der Waals surface area contributed by atoms with Crippen molar-refractivity contribution in [1.29, 1.82) is 0 Å². The SMILES string of the molecule is O=C(c1ccc(F)cc1)N1CCCC(C(=O)N2CC3CCCCC32c2ccccc2)C1. The van der Waals surface area contributed by atoms with E-state index in [1.54, 1.807) is 4.90 Å². The zero-order chi connectivity index (χ0) is 21.4. The number of likely N-dealkylation sites (tertiary alicyclic amines) is 2. The van der Waals surface area contributed by atoms with Crippen LogP contribution in [-0.4, -0.2) is 41.2 Å². The van der Waals surface area contributed by atoms with Crippen molar-refractivity contribution < 1.29 is 14.0 Å². The summed E-state index contributed by atoms with van der Waals surface area (Å²) in [5.74, 6) is 0.0945. The minimum Gasteiger partial charge on any atom is -0.338 e. The summed E-state index contributed by atoms with van der Waals surface area (Å²) in [5, 5.41) is 0.